The zero-order valence-corrected chi connectivity index (χ0v) is 13.5. The van der Waals surface area contributed by atoms with Gasteiger partial charge in [-0.3, -0.25) is 9.69 Å². The van der Waals surface area contributed by atoms with Crippen LogP contribution in [-0.4, -0.2) is 58.7 Å². The van der Waals surface area contributed by atoms with Crippen LogP contribution >= 0.6 is 11.8 Å². The summed E-state index contributed by atoms with van der Waals surface area (Å²) in [5, 5.41) is 13.3. The van der Waals surface area contributed by atoms with Crippen LogP contribution in [0, 0.1) is 5.92 Å². The van der Waals surface area contributed by atoms with Gasteiger partial charge in [0.05, 0.1) is 11.6 Å². The maximum Gasteiger partial charge on any atom is 0.237 e. The van der Waals surface area contributed by atoms with E-state index in [-0.39, 0.29) is 11.9 Å². The zero-order valence-electron chi connectivity index (χ0n) is 12.7. The van der Waals surface area contributed by atoms with Crippen molar-refractivity contribution in [3.05, 3.63) is 0 Å². The average Bonchev–Trinajstić information content (AvgIpc) is 2.85. The van der Waals surface area contributed by atoms with Crippen molar-refractivity contribution in [1.82, 2.24) is 10.2 Å². The zero-order chi connectivity index (χ0) is 14.6. The molecule has 0 spiro atoms. The average molecular weight is 300 g/mol. The van der Waals surface area contributed by atoms with Gasteiger partial charge in [0.25, 0.3) is 0 Å². The van der Waals surface area contributed by atoms with Crippen LogP contribution in [0.3, 0.4) is 0 Å². The Bertz CT molecular complexity index is 324. The molecule has 0 saturated carbocycles. The lowest BCUT2D eigenvalue weighted by Crippen LogP contribution is -2.54. The number of rotatable bonds is 5. The van der Waals surface area contributed by atoms with Crippen molar-refractivity contribution in [2.75, 3.05) is 31.1 Å². The molecule has 20 heavy (non-hydrogen) atoms. The first-order valence-corrected chi connectivity index (χ1v) is 8.99. The molecule has 2 fully saturated rings. The van der Waals surface area contributed by atoms with Gasteiger partial charge in [-0.1, -0.05) is 20.3 Å². The van der Waals surface area contributed by atoms with Gasteiger partial charge in [0.15, 0.2) is 0 Å². The Hall–Kier alpha value is -0.260. The fourth-order valence-corrected chi connectivity index (χ4v) is 4.47. The molecule has 116 valence electrons. The molecule has 0 unspecified atom stereocenters. The second-order valence-corrected chi connectivity index (χ2v) is 7.64. The Morgan fingerprint density at radius 2 is 2.05 bits per heavy atom. The Kier molecular flexibility index (Phi) is 5.75. The topological polar surface area (TPSA) is 52.6 Å². The first-order chi connectivity index (χ1) is 9.52. The number of aliphatic hydroxyl groups is 1. The smallest absolute Gasteiger partial charge is 0.237 e. The molecule has 0 aliphatic carbocycles. The number of carbonyl (C=O) groups excluding carboxylic acids is 1. The van der Waals surface area contributed by atoms with Crippen LogP contribution in [0.15, 0.2) is 0 Å². The summed E-state index contributed by atoms with van der Waals surface area (Å²) in [6.07, 6.45) is 4.45. The first-order valence-electron chi connectivity index (χ1n) is 7.84. The molecule has 2 aliphatic heterocycles. The van der Waals surface area contributed by atoms with E-state index in [0.29, 0.717) is 12.5 Å². The van der Waals surface area contributed by atoms with Crippen molar-refractivity contribution in [1.29, 1.82) is 0 Å². The van der Waals surface area contributed by atoms with E-state index in [1.54, 1.807) is 11.8 Å². The molecule has 0 aromatic rings. The van der Waals surface area contributed by atoms with Gasteiger partial charge in [-0.25, -0.2) is 0 Å². The fourth-order valence-electron chi connectivity index (χ4n) is 3.18. The van der Waals surface area contributed by atoms with Crippen molar-refractivity contribution in [3.8, 4) is 0 Å². The van der Waals surface area contributed by atoms with Gasteiger partial charge < -0.3 is 10.4 Å². The van der Waals surface area contributed by atoms with Gasteiger partial charge in [0, 0.05) is 12.3 Å². The normalized spacial score (nSPS) is 29.6. The number of carbonyl (C=O) groups is 1. The lowest BCUT2D eigenvalue weighted by atomic mass is 9.97. The van der Waals surface area contributed by atoms with E-state index in [0.717, 1.165) is 31.0 Å². The molecule has 4 nitrogen and oxygen atoms in total. The van der Waals surface area contributed by atoms with Gasteiger partial charge in [-0.2, -0.15) is 11.8 Å². The van der Waals surface area contributed by atoms with E-state index in [9.17, 15) is 9.90 Å². The van der Waals surface area contributed by atoms with Crippen LogP contribution in [0.2, 0.25) is 0 Å². The summed E-state index contributed by atoms with van der Waals surface area (Å²) in [5.74, 6) is 2.13. The number of hydrogen-bond donors (Lipinski definition) is 2. The van der Waals surface area contributed by atoms with Crippen molar-refractivity contribution in [2.45, 2.75) is 51.2 Å². The Labute approximate surface area is 126 Å². The molecule has 2 N–H and O–H groups in total. The minimum Gasteiger partial charge on any atom is -0.387 e. The molecule has 0 radical (unpaired) electrons. The van der Waals surface area contributed by atoms with E-state index in [1.165, 1.54) is 19.3 Å². The molecule has 2 aliphatic rings. The van der Waals surface area contributed by atoms with Crippen molar-refractivity contribution in [3.63, 3.8) is 0 Å². The van der Waals surface area contributed by atoms with Crippen LogP contribution in [0.4, 0.5) is 0 Å². The van der Waals surface area contributed by atoms with Crippen LogP contribution < -0.4 is 5.32 Å². The molecule has 0 aromatic heterocycles. The fraction of sp³-hybridized carbons (Fsp3) is 0.933. The third-order valence-corrected chi connectivity index (χ3v) is 5.59. The summed E-state index contributed by atoms with van der Waals surface area (Å²) < 4.78 is 0. The third kappa shape index (κ3) is 4.12. The number of likely N-dealkylation sites (tertiary alicyclic amines) is 1. The molecule has 2 heterocycles. The summed E-state index contributed by atoms with van der Waals surface area (Å²) in [5.41, 5.74) is -0.691. The number of thioether (sulfide) groups is 1. The molecule has 1 amide bonds. The van der Waals surface area contributed by atoms with Gasteiger partial charge in [0.2, 0.25) is 5.91 Å². The highest BCUT2D eigenvalue weighted by atomic mass is 32.2. The molecule has 0 aromatic carbocycles. The lowest BCUT2D eigenvalue weighted by Gasteiger charge is -2.36. The lowest BCUT2D eigenvalue weighted by molar-refractivity contribution is -0.129. The summed E-state index contributed by atoms with van der Waals surface area (Å²) >= 11 is 1.76. The van der Waals surface area contributed by atoms with Gasteiger partial charge >= 0.3 is 0 Å². The van der Waals surface area contributed by atoms with Crippen LogP contribution in [0.1, 0.15) is 39.5 Å². The van der Waals surface area contributed by atoms with Gasteiger partial charge in [-0.05, 0) is 44.0 Å². The van der Waals surface area contributed by atoms with Gasteiger partial charge in [0.1, 0.15) is 0 Å². The van der Waals surface area contributed by atoms with Crippen LogP contribution in [-0.2, 0) is 4.79 Å². The summed E-state index contributed by atoms with van der Waals surface area (Å²) in [4.78, 5) is 14.8. The minimum absolute atomic E-state index is 0.0482. The highest BCUT2D eigenvalue weighted by Gasteiger charge is 2.35. The van der Waals surface area contributed by atoms with E-state index in [2.05, 4.69) is 24.1 Å². The van der Waals surface area contributed by atoms with E-state index in [4.69, 9.17) is 0 Å². The van der Waals surface area contributed by atoms with Gasteiger partial charge in [-0.15, -0.1) is 0 Å². The predicted molar refractivity (Wildman–Crippen MR) is 84.0 cm³/mol. The molecular formula is C15H28N2O2S. The van der Waals surface area contributed by atoms with E-state index < -0.39 is 5.60 Å². The highest BCUT2D eigenvalue weighted by Crippen LogP contribution is 2.27. The highest BCUT2D eigenvalue weighted by molar-refractivity contribution is 7.99. The number of nitrogens with zero attached hydrogens (tertiary/aromatic N) is 1. The Morgan fingerprint density at radius 1 is 1.35 bits per heavy atom. The largest absolute Gasteiger partial charge is 0.387 e. The number of nitrogens with one attached hydrogen (secondary N) is 1. The molecular weight excluding hydrogens is 272 g/mol. The first kappa shape index (κ1) is 16.1. The summed E-state index contributed by atoms with van der Waals surface area (Å²) in [6, 6.07) is -0.0482. The molecule has 2 rings (SSSR count). The SMILES string of the molecule is CC(C)[C@H](C(=O)NC[C@]1(O)CCSC1)N1CCCCC1. The predicted octanol–water partition coefficient (Wildman–Crippen LogP) is 1.48. The number of hydrogen-bond acceptors (Lipinski definition) is 4. The molecule has 2 atom stereocenters. The van der Waals surface area contributed by atoms with Crippen molar-refractivity contribution >= 4 is 17.7 Å². The minimum atomic E-state index is -0.691. The Balaban J connectivity index is 1.89. The van der Waals surface area contributed by atoms with E-state index >= 15 is 0 Å². The van der Waals surface area contributed by atoms with Crippen molar-refractivity contribution < 1.29 is 9.90 Å². The van der Waals surface area contributed by atoms with Crippen molar-refractivity contribution in [2.24, 2.45) is 5.92 Å². The standard InChI is InChI=1S/C15H28N2O2S/c1-12(2)13(17-7-4-3-5-8-17)14(18)16-10-15(19)6-9-20-11-15/h12-13,19H,3-11H2,1-2H3,(H,16,18)/t13-,15-/m1/s1. The maximum absolute atomic E-state index is 12.5. The monoisotopic (exact) mass is 300 g/mol. The molecule has 2 saturated heterocycles. The molecule has 0 bridgehead atoms. The van der Waals surface area contributed by atoms with E-state index in [1.807, 2.05) is 0 Å². The number of piperidine rings is 1. The summed E-state index contributed by atoms with van der Waals surface area (Å²) in [6.45, 7) is 6.67. The molecule has 5 heteroatoms. The number of amides is 1. The quantitative estimate of drug-likeness (QED) is 0.807. The summed E-state index contributed by atoms with van der Waals surface area (Å²) in [7, 11) is 0. The maximum atomic E-state index is 12.5. The second-order valence-electron chi connectivity index (χ2n) is 6.53. The third-order valence-electron chi connectivity index (χ3n) is 4.36. The second kappa shape index (κ2) is 7.14. The van der Waals surface area contributed by atoms with Crippen LogP contribution in [0.25, 0.3) is 0 Å². The van der Waals surface area contributed by atoms with Crippen LogP contribution in [0.5, 0.6) is 0 Å². The Morgan fingerprint density at radius 3 is 2.60 bits per heavy atom.